The van der Waals surface area contributed by atoms with Crippen LogP contribution in [0.1, 0.15) is 36.0 Å². The molecule has 6 amide bonds. The van der Waals surface area contributed by atoms with Crippen molar-refractivity contribution >= 4 is 41.4 Å². The number of hydrazine groups is 2. The Balaban J connectivity index is 1.53. The first-order valence-electron chi connectivity index (χ1n) is 20.8. The molecule has 1 aliphatic rings. The van der Waals surface area contributed by atoms with Gasteiger partial charge in [-0.1, -0.05) is 91.0 Å². The van der Waals surface area contributed by atoms with Gasteiger partial charge in [0.25, 0.3) is 5.91 Å². The van der Waals surface area contributed by atoms with Gasteiger partial charge in [-0.3, -0.25) is 44.6 Å². The van der Waals surface area contributed by atoms with E-state index in [0.717, 1.165) is 29.1 Å². The van der Waals surface area contributed by atoms with Gasteiger partial charge in [-0.2, -0.15) is 0 Å². The molecular weight excluding hydrogens is 813 g/mol. The summed E-state index contributed by atoms with van der Waals surface area (Å²) < 4.78 is 0. The highest BCUT2D eigenvalue weighted by Gasteiger charge is 2.31. The van der Waals surface area contributed by atoms with Crippen LogP contribution in [0.5, 0.6) is 0 Å². The van der Waals surface area contributed by atoms with Crippen LogP contribution in [0.3, 0.4) is 0 Å². The van der Waals surface area contributed by atoms with Crippen LogP contribution in [0.4, 0.5) is 0 Å². The van der Waals surface area contributed by atoms with E-state index in [0.29, 0.717) is 12.1 Å². The second-order valence-electron chi connectivity index (χ2n) is 15.2. The van der Waals surface area contributed by atoms with Gasteiger partial charge in [-0.05, 0) is 36.0 Å². The normalized spacial score (nSPS) is 14.9. The number of carbonyl (C=O) groups excluding carboxylic acids is 6. The molecule has 1 unspecified atom stereocenters. The number of guanidine groups is 1. The van der Waals surface area contributed by atoms with Crippen LogP contribution in [0.25, 0.3) is 0 Å². The number of nitrogens with one attached hydrogen (secondary N) is 6. The van der Waals surface area contributed by atoms with Crippen molar-refractivity contribution in [3.8, 4) is 0 Å². The number of aliphatic hydroxyl groups excluding tert-OH is 2. The third-order valence-electron chi connectivity index (χ3n) is 9.91. The average molecular weight is 873 g/mol. The molecule has 14 N–H and O–H groups in total. The van der Waals surface area contributed by atoms with Crippen LogP contribution in [0.15, 0.2) is 96.0 Å². The van der Waals surface area contributed by atoms with E-state index in [4.69, 9.17) is 17.2 Å². The van der Waals surface area contributed by atoms with Crippen molar-refractivity contribution in [2.24, 2.45) is 22.2 Å². The molecular formula is C43H60N12O8. The highest BCUT2D eigenvalue weighted by atomic mass is 16.3. The minimum absolute atomic E-state index is 0.00300. The lowest BCUT2D eigenvalue weighted by Gasteiger charge is -2.29. The van der Waals surface area contributed by atoms with Gasteiger partial charge in [0.05, 0.1) is 25.8 Å². The lowest BCUT2D eigenvalue weighted by molar-refractivity contribution is -0.136. The fourth-order valence-electron chi connectivity index (χ4n) is 6.75. The van der Waals surface area contributed by atoms with E-state index in [9.17, 15) is 39.0 Å². The second-order valence-corrected chi connectivity index (χ2v) is 15.2. The average Bonchev–Trinajstić information content (AvgIpc) is 3.77. The lowest BCUT2D eigenvalue weighted by atomic mass is 10.0. The lowest BCUT2D eigenvalue weighted by Crippen LogP contribution is -2.59. The Morgan fingerprint density at radius 2 is 1.21 bits per heavy atom. The number of aliphatic hydroxyl groups is 2. The molecule has 20 nitrogen and oxygen atoms in total. The van der Waals surface area contributed by atoms with Gasteiger partial charge in [0.15, 0.2) is 5.96 Å². The SMILES string of the molecule is NC(=O)[C@H](Cc1ccccc1)NC(=O)[C@H](CCCN=C(N)N)NC(=O)[C@H](Cc1ccccc1)NC(=O)CN(CC(O)CO)NC(=O)[C@H](Cc1ccccc1)NC(=O)CN1CCCN1. The largest absolute Gasteiger partial charge is 0.394 e. The van der Waals surface area contributed by atoms with Crippen molar-refractivity contribution in [2.45, 2.75) is 68.8 Å². The maximum Gasteiger partial charge on any atom is 0.257 e. The molecule has 5 atom stereocenters. The molecule has 0 saturated carbocycles. The predicted molar refractivity (Wildman–Crippen MR) is 234 cm³/mol. The standard InChI is InChI=1S/C43H60N12O8/c44-39(60)34(22-29-12-4-1-5-13-29)52-40(61)33(18-10-19-47-43(45)46)51-41(62)35(23-30-14-6-2-7-15-30)49-38(59)27-55(25-32(57)28-56)53-42(63)36(24-31-16-8-3-9-17-31)50-37(58)26-54-21-11-20-48-54/h1-9,12-17,32-36,48,56-57H,10-11,18-28H2,(H2,44,60)(H,49,59)(H,50,58)(H,51,62)(H,52,61)(H,53,63)(H4,45,46,47)/t32?,33-,34-,35-,36-/m0/s1. The molecule has 4 rings (SSSR count). The number of hydrogen-bond donors (Lipinski definition) is 11. The number of aliphatic imine (C=N–C) groups is 1. The van der Waals surface area contributed by atoms with Crippen molar-refractivity contribution < 1.29 is 39.0 Å². The zero-order chi connectivity index (χ0) is 45.6. The van der Waals surface area contributed by atoms with Crippen LogP contribution < -0.4 is 49.3 Å². The van der Waals surface area contributed by atoms with E-state index in [-0.39, 0.29) is 51.2 Å². The molecule has 20 heteroatoms. The summed E-state index contributed by atoms with van der Waals surface area (Å²) in [5, 5.41) is 33.8. The third kappa shape index (κ3) is 18.2. The topological polar surface area (TPSA) is 312 Å². The molecule has 0 aromatic heterocycles. The zero-order valence-corrected chi connectivity index (χ0v) is 35.2. The Morgan fingerprint density at radius 1 is 0.698 bits per heavy atom. The van der Waals surface area contributed by atoms with Crippen molar-refractivity contribution in [2.75, 3.05) is 45.9 Å². The first kappa shape index (κ1) is 49.2. The number of carbonyl (C=O) groups is 6. The molecule has 1 fully saturated rings. The molecule has 340 valence electrons. The number of nitrogens with zero attached hydrogens (tertiary/aromatic N) is 3. The summed E-state index contributed by atoms with van der Waals surface area (Å²) in [7, 11) is 0. The smallest absolute Gasteiger partial charge is 0.257 e. The molecule has 0 aliphatic carbocycles. The summed E-state index contributed by atoms with van der Waals surface area (Å²) in [6, 6.07) is 22.0. The summed E-state index contributed by atoms with van der Waals surface area (Å²) in [6.45, 7) is -0.202. The number of nitrogens with two attached hydrogens (primary N) is 3. The minimum Gasteiger partial charge on any atom is -0.394 e. The van der Waals surface area contributed by atoms with E-state index in [2.05, 4.69) is 37.1 Å². The molecule has 3 aromatic carbocycles. The monoisotopic (exact) mass is 872 g/mol. The minimum atomic E-state index is -1.39. The molecule has 0 bridgehead atoms. The first-order valence-corrected chi connectivity index (χ1v) is 20.8. The van der Waals surface area contributed by atoms with E-state index in [1.807, 2.05) is 6.07 Å². The van der Waals surface area contributed by atoms with Gasteiger partial charge in [-0.25, -0.2) is 10.0 Å². The quantitative estimate of drug-likeness (QED) is 0.0167. The van der Waals surface area contributed by atoms with Gasteiger partial charge in [0.1, 0.15) is 24.2 Å². The van der Waals surface area contributed by atoms with E-state index in [1.54, 1.807) is 89.9 Å². The number of benzene rings is 3. The highest BCUT2D eigenvalue weighted by molar-refractivity contribution is 5.94. The summed E-state index contributed by atoms with van der Waals surface area (Å²) in [6.07, 6.45) is -0.0873. The predicted octanol–water partition coefficient (Wildman–Crippen LogP) is -2.91. The summed E-state index contributed by atoms with van der Waals surface area (Å²) >= 11 is 0. The Morgan fingerprint density at radius 3 is 1.71 bits per heavy atom. The Bertz CT molecular complexity index is 1950. The second kappa shape index (κ2) is 26.1. The van der Waals surface area contributed by atoms with Crippen LogP contribution in [0, 0.1) is 0 Å². The molecule has 1 saturated heterocycles. The maximum atomic E-state index is 14.2. The summed E-state index contributed by atoms with van der Waals surface area (Å²) in [4.78, 5) is 85.2. The van der Waals surface area contributed by atoms with E-state index in [1.165, 1.54) is 0 Å². The molecule has 63 heavy (non-hydrogen) atoms. The van der Waals surface area contributed by atoms with Crippen LogP contribution in [-0.2, 0) is 48.0 Å². The fraction of sp³-hybridized carbons (Fsp3) is 0.419. The fourth-order valence-corrected chi connectivity index (χ4v) is 6.75. The van der Waals surface area contributed by atoms with Gasteiger partial charge in [0.2, 0.25) is 29.5 Å². The van der Waals surface area contributed by atoms with Gasteiger partial charge in [-0.15, -0.1) is 0 Å². The molecule has 0 radical (unpaired) electrons. The van der Waals surface area contributed by atoms with Crippen molar-refractivity contribution in [1.29, 1.82) is 0 Å². The highest BCUT2D eigenvalue weighted by Crippen LogP contribution is 2.09. The molecule has 1 aliphatic heterocycles. The zero-order valence-electron chi connectivity index (χ0n) is 35.2. The van der Waals surface area contributed by atoms with Crippen molar-refractivity contribution in [3.05, 3.63) is 108 Å². The van der Waals surface area contributed by atoms with Crippen LogP contribution >= 0.6 is 0 Å². The summed E-state index contributed by atoms with van der Waals surface area (Å²) in [5.41, 5.74) is 24.5. The Labute approximate surface area is 366 Å². The van der Waals surface area contributed by atoms with Crippen molar-refractivity contribution in [1.82, 2.24) is 42.1 Å². The van der Waals surface area contributed by atoms with Gasteiger partial charge < -0.3 is 48.7 Å². The van der Waals surface area contributed by atoms with Crippen LogP contribution in [-0.4, -0.2) is 138 Å². The van der Waals surface area contributed by atoms with Gasteiger partial charge >= 0.3 is 0 Å². The maximum absolute atomic E-state index is 14.2. The Kier molecular flexibility index (Phi) is 20.4. The van der Waals surface area contributed by atoms with E-state index >= 15 is 0 Å². The van der Waals surface area contributed by atoms with E-state index < -0.39 is 85.4 Å². The molecule has 0 spiro atoms. The number of primary amides is 1. The third-order valence-corrected chi connectivity index (χ3v) is 9.91. The number of rotatable bonds is 26. The summed E-state index contributed by atoms with van der Waals surface area (Å²) in [5.74, 6) is -4.30. The van der Waals surface area contributed by atoms with Gasteiger partial charge in [0, 0.05) is 45.4 Å². The van der Waals surface area contributed by atoms with Crippen molar-refractivity contribution in [3.63, 3.8) is 0 Å². The number of hydrogen-bond acceptors (Lipinski definition) is 12. The Hall–Kier alpha value is -6.45. The first-order chi connectivity index (χ1) is 30.3. The molecule has 1 heterocycles. The number of amides is 6. The van der Waals surface area contributed by atoms with Crippen LogP contribution in [0.2, 0.25) is 0 Å². The molecule has 3 aromatic rings.